The van der Waals surface area contributed by atoms with Crippen molar-refractivity contribution >= 4 is 38.0 Å². The number of carbonyl (C=O) groups is 1. The molecule has 0 amide bonds. The zero-order valence-corrected chi connectivity index (χ0v) is 36.7. The standard InChI is InChI=1S/C47H58N6O7S/c1-45(2)13-11-34(40(24-45)47-29-46(3,30-47)31-47)26-51-15-17-52(18-16-51)35-7-10-39(43(22-35)60-37-21-33-12-14-48-44(33)49-25-37)42(54)28-61(57,58)38-9-6-32(41(23-38)53(55)56)5-8-36-27-50(4)19-20-59-36/h6-7,9-10,12,14,21-23,25,36H,5,8,11,13,15-20,24,26-31H2,1-4H3,(H,48,49)/t36-,46?,47?/m1/s1. The van der Waals surface area contributed by atoms with E-state index >= 15 is 0 Å². The van der Waals surface area contributed by atoms with Gasteiger partial charge in [-0.2, -0.15) is 0 Å². The first kappa shape index (κ1) is 41.7. The average Bonchev–Trinajstić information content (AvgIpc) is 3.67. The lowest BCUT2D eigenvalue weighted by Crippen LogP contribution is -2.61. The molecule has 4 aliphatic carbocycles. The number of H-pyrrole nitrogens is 1. The van der Waals surface area contributed by atoms with Gasteiger partial charge in [0.25, 0.3) is 5.69 Å². The summed E-state index contributed by atoms with van der Waals surface area (Å²) in [5, 5.41) is 13.0. The van der Waals surface area contributed by atoms with Crippen LogP contribution in [-0.2, 0) is 21.0 Å². The number of carbonyl (C=O) groups excluding carboxylic acids is 1. The molecule has 2 aliphatic heterocycles. The second kappa shape index (κ2) is 15.9. The van der Waals surface area contributed by atoms with Crippen molar-refractivity contribution in [1.82, 2.24) is 19.8 Å². The highest BCUT2D eigenvalue weighted by Gasteiger charge is 2.66. The lowest BCUT2D eigenvalue weighted by molar-refractivity contribution is -0.385. The van der Waals surface area contributed by atoms with Crippen LogP contribution in [0, 0.1) is 26.4 Å². The van der Waals surface area contributed by atoms with E-state index in [9.17, 15) is 23.3 Å². The van der Waals surface area contributed by atoms with E-state index in [1.165, 1.54) is 50.7 Å². The van der Waals surface area contributed by atoms with Gasteiger partial charge in [0.1, 0.15) is 22.9 Å². The highest BCUT2D eigenvalue weighted by Crippen LogP contribution is 2.77. The quantitative estimate of drug-likeness (QED) is 0.0569. The summed E-state index contributed by atoms with van der Waals surface area (Å²) in [5.74, 6) is -0.935. The van der Waals surface area contributed by atoms with Crippen molar-refractivity contribution in [2.24, 2.45) is 16.2 Å². The first-order chi connectivity index (χ1) is 29.1. The number of ether oxygens (including phenoxy) is 2. The summed E-state index contributed by atoms with van der Waals surface area (Å²) >= 11 is 0. The molecule has 10 rings (SSSR count). The average molecular weight is 851 g/mol. The highest BCUT2D eigenvalue weighted by molar-refractivity contribution is 7.92. The summed E-state index contributed by atoms with van der Waals surface area (Å²) in [4.78, 5) is 39.9. The third kappa shape index (κ3) is 8.61. The second-order valence-electron chi connectivity index (χ2n) is 19.7. The fourth-order valence-electron chi connectivity index (χ4n) is 11.1. The van der Waals surface area contributed by atoms with E-state index in [1.54, 1.807) is 29.6 Å². The SMILES string of the molecule is CN1CCO[C@H](CCc2ccc(S(=O)(=O)CC(=O)c3ccc(N4CCN(CC5=C(C67CC(C)(C6)C7)CC(C)(C)CC5)CC4)cc3Oc3cnc4[nH]ccc4c3)cc2[N+](=O)[O-])C1. The summed E-state index contributed by atoms with van der Waals surface area (Å²) in [7, 11) is -2.27. The number of nitrogens with one attached hydrogen (secondary N) is 1. The van der Waals surface area contributed by atoms with Crippen LogP contribution >= 0.6 is 0 Å². The normalized spacial score (nSPS) is 25.6. The van der Waals surface area contributed by atoms with Gasteiger partial charge in [0.2, 0.25) is 0 Å². The molecule has 5 fully saturated rings. The van der Waals surface area contributed by atoms with Gasteiger partial charge >= 0.3 is 0 Å². The molecule has 61 heavy (non-hydrogen) atoms. The van der Waals surface area contributed by atoms with E-state index in [2.05, 4.69) is 45.4 Å². The maximum Gasteiger partial charge on any atom is 0.273 e. The van der Waals surface area contributed by atoms with Crippen molar-refractivity contribution < 1.29 is 27.6 Å². The fourth-order valence-corrected chi connectivity index (χ4v) is 12.3. The number of hydrogen-bond acceptors (Lipinski definition) is 11. The number of Topliss-reactive ketones (excluding diaryl/α,β-unsaturated/α-hetero) is 1. The number of nitrogens with zero attached hydrogens (tertiary/aromatic N) is 5. The van der Waals surface area contributed by atoms with E-state index in [-0.39, 0.29) is 28.0 Å². The molecule has 4 aromatic rings. The minimum Gasteiger partial charge on any atom is -0.455 e. The third-order valence-corrected chi connectivity index (χ3v) is 15.8. The van der Waals surface area contributed by atoms with Crippen LogP contribution < -0.4 is 9.64 Å². The molecule has 2 bridgehead atoms. The number of sulfone groups is 1. The van der Waals surface area contributed by atoms with Crippen LogP contribution in [0.25, 0.3) is 11.0 Å². The molecular formula is C47H58N6O7S. The van der Waals surface area contributed by atoms with Crippen molar-refractivity contribution in [3.05, 3.63) is 93.3 Å². The van der Waals surface area contributed by atoms with Gasteiger partial charge in [-0.15, -0.1) is 0 Å². The Hall–Kier alpha value is -4.63. The predicted molar refractivity (Wildman–Crippen MR) is 235 cm³/mol. The summed E-state index contributed by atoms with van der Waals surface area (Å²) < 4.78 is 39.9. The van der Waals surface area contributed by atoms with Crippen LogP contribution in [0.15, 0.2) is 77.0 Å². The topological polar surface area (TPSA) is 151 Å². The molecule has 1 atom stereocenters. The van der Waals surface area contributed by atoms with Gasteiger partial charge in [-0.05, 0) is 105 Å². The minimum absolute atomic E-state index is 0.0661. The number of nitro benzene ring substituents is 1. The van der Waals surface area contributed by atoms with Gasteiger partial charge in [0.05, 0.1) is 34.3 Å². The largest absolute Gasteiger partial charge is 0.455 e. The number of allylic oxidation sites excluding steroid dienone is 1. The van der Waals surface area contributed by atoms with Gasteiger partial charge in [-0.1, -0.05) is 38.0 Å². The molecule has 1 N–H and O–H groups in total. The molecule has 6 aliphatic rings. The number of ketones is 1. The van der Waals surface area contributed by atoms with Crippen molar-refractivity contribution in [2.45, 2.75) is 83.1 Å². The molecule has 2 aromatic carbocycles. The maximum atomic E-state index is 14.1. The van der Waals surface area contributed by atoms with Crippen molar-refractivity contribution in [3.8, 4) is 11.5 Å². The number of benzene rings is 2. The highest BCUT2D eigenvalue weighted by atomic mass is 32.2. The molecule has 0 unspecified atom stereocenters. The van der Waals surface area contributed by atoms with Gasteiger partial charge in [0.15, 0.2) is 15.6 Å². The smallest absolute Gasteiger partial charge is 0.273 e. The molecule has 2 aromatic heterocycles. The van der Waals surface area contributed by atoms with Gasteiger partial charge in [0, 0.05) is 80.8 Å². The molecule has 2 saturated heterocycles. The predicted octanol–water partition coefficient (Wildman–Crippen LogP) is 8.00. The number of nitro groups is 1. The molecule has 324 valence electrons. The molecule has 14 heteroatoms. The Kier molecular flexibility index (Phi) is 10.9. The number of likely N-dealkylation sites (N-methyl/N-ethyl adjacent to an activating group) is 1. The molecular weight excluding hydrogens is 793 g/mol. The van der Waals surface area contributed by atoms with Crippen LogP contribution in [0.2, 0.25) is 0 Å². The Morgan fingerprint density at radius 1 is 1.03 bits per heavy atom. The number of morpholine rings is 1. The summed E-state index contributed by atoms with van der Waals surface area (Å²) in [5.41, 5.74) is 6.66. The lowest BCUT2D eigenvalue weighted by Gasteiger charge is -2.72. The van der Waals surface area contributed by atoms with Crippen LogP contribution in [0.3, 0.4) is 0 Å². The van der Waals surface area contributed by atoms with E-state index < -0.39 is 26.3 Å². The second-order valence-corrected chi connectivity index (χ2v) is 21.7. The minimum atomic E-state index is -4.28. The molecule has 13 nitrogen and oxygen atoms in total. The molecule has 0 radical (unpaired) electrons. The van der Waals surface area contributed by atoms with Crippen molar-refractivity contribution in [2.75, 3.05) is 70.1 Å². The Labute approximate surface area is 358 Å². The zero-order valence-electron chi connectivity index (χ0n) is 35.9. The van der Waals surface area contributed by atoms with Gasteiger partial charge < -0.3 is 24.3 Å². The Morgan fingerprint density at radius 3 is 2.56 bits per heavy atom. The number of piperazine rings is 1. The Bertz CT molecular complexity index is 2480. The third-order valence-electron chi connectivity index (χ3n) is 14.2. The van der Waals surface area contributed by atoms with Gasteiger partial charge in [-0.25, -0.2) is 13.4 Å². The number of anilines is 1. The number of aromatic amines is 1. The van der Waals surface area contributed by atoms with Crippen LogP contribution in [0.4, 0.5) is 11.4 Å². The number of pyridine rings is 1. The number of rotatable bonds is 14. The van der Waals surface area contributed by atoms with Crippen LogP contribution in [0.1, 0.15) is 81.6 Å². The monoisotopic (exact) mass is 850 g/mol. The molecule has 3 saturated carbocycles. The van der Waals surface area contributed by atoms with E-state index in [1.807, 2.05) is 31.3 Å². The van der Waals surface area contributed by atoms with Crippen LogP contribution in [-0.4, -0.2) is 110 Å². The Morgan fingerprint density at radius 2 is 1.82 bits per heavy atom. The van der Waals surface area contributed by atoms with Crippen molar-refractivity contribution in [1.29, 1.82) is 0 Å². The summed E-state index contributed by atoms with van der Waals surface area (Å²) in [6, 6.07) is 12.9. The fraction of sp³-hybridized carbons (Fsp3) is 0.532. The first-order valence-electron chi connectivity index (χ1n) is 21.8. The number of hydrogen-bond donors (Lipinski definition) is 1. The molecule has 0 spiro atoms. The summed E-state index contributed by atoms with van der Waals surface area (Å²) in [6.45, 7) is 13.9. The summed E-state index contributed by atoms with van der Waals surface area (Å²) in [6.07, 6.45) is 11.9. The number of aryl methyl sites for hydroxylation is 1. The van der Waals surface area contributed by atoms with Gasteiger partial charge in [-0.3, -0.25) is 19.8 Å². The number of aromatic nitrogens is 2. The van der Waals surface area contributed by atoms with Crippen LogP contribution in [0.5, 0.6) is 11.5 Å². The molecule has 4 heterocycles. The Balaban J connectivity index is 0.919. The van der Waals surface area contributed by atoms with E-state index in [0.717, 1.165) is 63.0 Å². The number of fused-ring (bicyclic) bond motifs is 1. The lowest BCUT2D eigenvalue weighted by atomic mass is 9.33. The van der Waals surface area contributed by atoms with Crippen molar-refractivity contribution in [3.63, 3.8) is 0 Å². The zero-order chi connectivity index (χ0) is 42.7. The first-order valence-corrected chi connectivity index (χ1v) is 23.5. The van der Waals surface area contributed by atoms with E-state index in [4.69, 9.17) is 9.47 Å². The maximum absolute atomic E-state index is 14.1. The van der Waals surface area contributed by atoms with E-state index in [0.29, 0.717) is 52.7 Å².